The minimum atomic E-state index is -5.04. The summed E-state index contributed by atoms with van der Waals surface area (Å²) in [5.41, 5.74) is -3.62. The van der Waals surface area contributed by atoms with Crippen LogP contribution < -0.4 is 0 Å². The molecule has 0 saturated carbocycles. The minimum Gasteiger partial charge on any atom is -0.327 e. The number of likely N-dealkylation sites (tertiary alicyclic amines) is 1. The van der Waals surface area contributed by atoms with Crippen molar-refractivity contribution in [2.24, 2.45) is 0 Å². The lowest BCUT2D eigenvalue weighted by molar-refractivity contribution is -0.160. The summed E-state index contributed by atoms with van der Waals surface area (Å²) in [7, 11) is 0. The first kappa shape index (κ1) is 22.2. The van der Waals surface area contributed by atoms with Crippen molar-refractivity contribution in [2.45, 2.75) is 18.3 Å². The van der Waals surface area contributed by atoms with Crippen LogP contribution in [0.1, 0.15) is 11.1 Å². The smallest absolute Gasteiger partial charge is 0.327 e. The van der Waals surface area contributed by atoms with Crippen molar-refractivity contribution >= 4 is 26.4 Å². The number of carbonyl (C=O) groups is 1. The van der Waals surface area contributed by atoms with Crippen molar-refractivity contribution < 1.29 is 39.9 Å². The summed E-state index contributed by atoms with van der Waals surface area (Å²) >= 11 is 2.94. The number of rotatable bonds is 3. The highest BCUT2D eigenvalue weighted by molar-refractivity contribution is 9.14. The predicted octanol–water partition coefficient (Wildman–Crippen LogP) is 4.65. The maximum absolute atomic E-state index is 13.0. The molecule has 2 heterocycles. The van der Waals surface area contributed by atoms with Crippen LogP contribution in [-0.2, 0) is 17.1 Å². The molecule has 162 valence electrons. The number of benzene rings is 1. The van der Waals surface area contributed by atoms with Crippen molar-refractivity contribution in [3.8, 4) is 11.4 Å². The van der Waals surface area contributed by atoms with Crippen LogP contribution in [-0.4, -0.2) is 44.6 Å². The van der Waals surface area contributed by atoms with Gasteiger partial charge in [0.2, 0.25) is 5.91 Å². The topological polar surface area (TPSA) is 51.0 Å². The highest BCUT2D eigenvalue weighted by atomic mass is 79.9. The van der Waals surface area contributed by atoms with E-state index in [1.165, 1.54) is 0 Å². The molecule has 3 rings (SSSR count). The number of hydrogen-bond acceptors (Lipinski definition) is 3. The molecule has 0 spiro atoms. The molecule has 0 aliphatic carbocycles. The molecule has 30 heavy (non-hydrogen) atoms. The van der Waals surface area contributed by atoms with Gasteiger partial charge in [-0.1, -0.05) is 0 Å². The normalized spacial score (nSPS) is 17.1. The van der Waals surface area contributed by atoms with Crippen molar-refractivity contribution in [3.63, 3.8) is 0 Å². The summed E-state index contributed by atoms with van der Waals surface area (Å²) in [5, 5.41) is 3.75. The van der Waals surface area contributed by atoms with Gasteiger partial charge in [-0.05, 0) is 34.1 Å². The van der Waals surface area contributed by atoms with Crippen molar-refractivity contribution in [1.82, 2.24) is 19.7 Å². The van der Waals surface area contributed by atoms with Gasteiger partial charge in [0.1, 0.15) is 10.9 Å². The lowest BCUT2D eigenvalue weighted by atomic mass is 10.0. The van der Waals surface area contributed by atoms with Crippen LogP contribution in [0.2, 0.25) is 0 Å². The molecule has 0 N–H and O–H groups in total. The zero-order valence-electron chi connectivity index (χ0n) is 14.4. The summed E-state index contributed by atoms with van der Waals surface area (Å²) in [6.07, 6.45) is -8.27. The molecule has 0 unspecified atom stereocenters. The largest absolute Gasteiger partial charge is 0.416 e. The summed E-state index contributed by atoms with van der Waals surface area (Å²) < 4.78 is 104. The van der Waals surface area contributed by atoms with Gasteiger partial charge in [-0.15, -0.1) is 5.10 Å². The second-order valence-electron chi connectivity index (χ2n) is 6.32. The first-order valence-corrected chi connectivity index (χ1v) is 8.71. The maximum atomic E-state index is 13.0. The van der Waals surface area contributed by atoms with E-state index in [4.69, 9.17) is 0 Å². The van der Waals surface area contributed by atoms with Crippen LogP contribution >= 0.6 is 15.9 Å². The van der Waals surface area contributed by atoms with Crippen LogP contribution in [0, 0.1) is 0 Å². The Hall–Kier alpha value is -2.51. The quantitative estimate of drug-likeness (QED) is 0.451. The number of alkyl halides is 8. The fourth-order valence-corrected chi connectivity index (χ4v) is 2.88. The average Bonchev–Trinajstić information content (AvgIpc) is 3.08. The van der Waals surface area contributed by atoms with Crippen LogP contribution in [0.25, 0.3) is 16.0 Å². The summed E-state index contributed by atoms with van der Waals surface area (Å²) in [5.74, 6) is -4.24. The number of carbonyl (C=O) groups excluding carboxylic acids is 1. The second kappa shape index (κ2) is 7.32. The molecule has 1 amide bonds. The van der Waals surface area contributed by atoms with E-state index < -0.39 is 59.8 Å². The molecule has 0 radical (unpaired) electrons. The maximum Gasteiger partial charge on any atom is 0.416 e. The van der Waals surface area contributed by atoms with Crippen molar-refractivity contribution in [3.05, 3.63) is 41.7 Å². The van der Waals surface area contributed by atoms with Crippen LogP contribution in [0.15, 0.2) is 30.6 Å². The molecule has 1 aromatic heterocycles. The van der Waals surface area contributed by atoms with Gasteiger partial charge in [0.15, 0.2) is 5.82 Å². The lowest BCUT2D eigenvalue weighted by Gasteiger charge is -2.37. The molecular weight excluding hydrogens is 496 g/mol. The van der Waals surface area contributed by atoms with Gasteiger partial charge in [-0.25, -0.2) is 18.4 Å². The van der Waals surface area contributed by atoms with Gasteiger partial charge in [-0.2, -0.15) is 26.3 Å². The van der Waals surface area contributed by atoms with Crippen LogP contribution in [0.3, 0.4) is 0 Å². The molecule has 14 heteroatoms. The number of amides is 1. The molecular formula is C16H9BrF8N4O. The Labute approximate surface area is 171 Å². The SMILES string of the molecule is O=C(/C=C(/Br)n1cnc(-c2cc(C(F)(F)F)cc(C(F)(F)F)c2)n1)N1CC(F)(F)C1. The zero-order valence-corrected chi connectivity index (χ0v) is 16.0. The fourth-order valence-electron chi connectivity index (χ4n) is 2.51. The van der Waals surface area contributed by atoms with Gasteiger partial charge >= 0.3 is 12.4 Å². The molecule has 5 nitrogen and oxygen atoms in total. The number of aromatic nitrogens is 3. The molecule has 1 aliphatic rings. The summed E-state index contributed by atoms with van der Waals surface area (Å²) in [6, 6.07) is 0.886. The van der Waals surface area contributed by atoms with E-state index in [9.17, 15) is 39.9 Å². The average molecular weight is 505 g/mol. The Morgan fingerprint density at radius 3 is 2.03 bits per heavy atom. The Bertz CT molecular complexity index is 971. The van der Waals surface area contributed by atoms with E-state index in [-0.39, 0.29) is 10.7 Å². The van der Waals surface area contributed by atoms with Gasteiger partial charge in [0.25, 0.3) is 5.92 Å². The number of hydrogen-bond donors (Lipinski definition) is 0. The standard InChI is InChI=1S/C16H9BrF8N4O/c17-11(4-12(30)28-5-14(18,19)6-28)29-7-26-13(27-29)8-1-9(15(20,21)22)3-10(2-8)16(23,24)25/h1-4,7H,5-6H2/b11-4-. The highest BCUT2D eigenvalue weighted by Gasteiger charge is 2.45. The molecule has 1 aromatic carbocycles. The summed E-state index contributed by atoms with van der Waals surface area (Å²) in [6.45, 7) is -1.54. The van der Waals surface area contributed by atoms with Crippen LogP contribution in [0.4, 0.5) is 35.1 Å². The number of halogens is 9. The molecule has 1 aliphatic heterocycles. The molecule has 1 saturated heterocycles. The van der Waals surface area contributed by atoms with Crippen LogP contribution in [0.5, 0.6) is 0 Å². The first-order valence-electron chi connectivity index (χ1n) is 7.91. The fraction of sp³-hybridized carbons (Fsp3) is 0.312. The first-order chi connectivity index (χ1) is 13.7. The second-order valence-corrected chi connectivity index (χ2v) is 7.14. The van der Waals surface area contributed by atoms with E-state index >= 15 is 0 Å². The van der Waals surface area contributed by atoms with Gasteiger partial charge < -0.3 is 4.90 Å². The monoisotopic (exact) mass is 504 g/mol. The highest BCUT2D eigenvalue weighted by Crippen LogP contribution is 2.38. The molecule has 1 fully saturated rings. The molecule has 0 atom stereocenters. The van der Waals surface area contributed by atoms with E-state index in [1.807, 2.05) is 0 Å². The molecule has 0 bridgehead atoms. The Kier molecular flexibility index (Phi) is 5.41. The lowest BCUT2D eigenvalue weighted by Crippen LogP contribution is -2.58. The Morgan fingerprint density at radius 1 is 1.03 bits per heavy atom. The van der Waals surface area contributed by atoms with E-state index in [2.05, 4.69) is 26.0 Å². The number of nitrogens with zero attached hydrogens (tertiary/aromatic N) is 4. The van der Waals surface area contributed by atoms with E-state index in [1.54, 1.807) is 0 Å². The van der Waals surface area contributed by atoms with Gasteiger partial charge in [0.05, 0.1) is 24.2 Å². The van der Waals surface area contributed by atoms with Gasteiger partial charge in [-0.3, -0.25) is 4.79 Å². The van der Waals surface area contributed by atoms with Gasteiger partial charge in [0, 0.05) is 11.6 Å². The van der Waals surface area contributed by atoms with Crippen molar-refractivity contribution in [1.29, 1.82) is 0 Å². The summed E-state index contributed by atoms with van der Waals surface area (Å²) in [4.78, 5) is 16.4. The zero-order chi connectivity index (χ0) is 22.5. The Morgan fingerprint density at radius 2 is 1.57 bits per heavy atom. The predicted molar refractivity (Wildman–Crippen MR) is 90.2 cm³/mol. The minimum absolute atomic E-state index is 0.0299. The van der Waals surface area contributed by atoms with Crippen molar-refractivity contribution in [2.75, 3.05) is 13.1 Å². The third-order valence-electron chi connectivity index (χ3n) is 3.96. The van der Waals surface area contributed by atoms with E-state index in [0.29, 0.717) is 12.1 Å². The van der Waals surface area contributed by atoms with E-state index in [0.717, 1.165) is 22.0 Å². The molecule has 2 aromatic rings. The third-order valence-corrected chi connectivity index (χ3v) is 4.55. The Balaban J connectivity index is 1.90. The third kappa shape index (κ3) is 4.79.